The van der Waals surface area contributed by atoms with Crippen molar-refractivity contribution in [2.45, 2.75) is 25.3 Å². The third kappa shape index (κ3) is 5.48. The molecule has 1 aliphatic rings. The van der Waals surface area contributed by atoms with Gasteiger partial charge in [-0.15, -0.1) is 0 Å². The number of hydrogen-bond acceptors (Lipinski definition) is 5. The highest BCUT2D eigenvalue weighted by atomic mass is 16.5. The molecule has 100 valence electrons. The molecule has 0 aromatic rings. The molecular weight excluding hydrogens is 218 g/mol. The number of likely N-dealkylation sites (N-methyl/N-ethyl adjacent to an activating group) is 1. The van der Waals surface area contributed by atoms with Crippen molar-refractivity contribution in [1.29, 1.82) is 0 Å². The minimum Gasteiger partial charge on any atom is -0.468 e. The fourth-order valence-corrected chi connectivity index (χ4v) is 2.06. The minimum atomic E-state index is -0.491. The quantitative estimate of drug-likeness (QED) is 0.633. The first-order chi connectivity index (χ1) is 8.13. The number of nitrogens with zero attached hydrogens (tertiary/aromatic N) is 2. The minimum absolute atomic E-state index is 0.321. The summed E-state index contributed by atoms with van der Waals surface area (Å²) in [5, 5.41) is 0. The van der Waals surface area contributed by atoms with Crippen molar-refractivity contribution in [1.82, 2.24) is 9.80 Å². The standard InChI is InChI=1S/C12H25N3O2/c1-14(8-5-11(13)12(16)17-2)9-10-15-6-3-4-7-15/h11H,3-10,13H2,1-2H3. The van der Waals surface area contributed by atoms with Crippen LogP contribution in [0.5, 0.6) is 0 Å². The topological polar surface area (TPSA) is 58.8 Å². The lowest BCUT2D eigenvalue weighted by Crippen LogP contribution is -2.37. The molecule has 1 rings (SSSR count). The zero-order valence-corrected chi connectivity index (χ0v) is 11.0. The Labute approximate surface area is 104 Å². The van der Waals surface area contributed by atoms with E-state index in [-0.39, 0.29) is 5.97 Å². The first-order valence-electron chi connectivity index (χ1n) is 6.38. The van der Waals surface area contributed by atoms with Gasteiger partial charge in [-0.05, 0) is 45.9 Å². The molecule has 1 fully saturated rings. The summed E-state index contributed by atoms with van der Waals surface area (Å²) >= 11 is 0. The van der Waals surface area contributed by atoms with E-state index in [0.29, 0.717) is 6.42 Å². The van der Waals surface area contributed by atoms with Crippen LogP contribution in [-0.4, -0.2) is 68.7 Å². The SMILES string of the molecule is COC(=O)C(N)CCN(C)CCN1CCCC1. The van der Waals surface area contributed by atoms with Gasteiger partial charge in [0.15, 0.2) is 0 Å². The Morgan fingerprint density at radius 1 is 1.41 bits per heavy atom. The summed E-state index contributed by atoms with van der Waals surface area (Å²) in [6, 6.07) is -0.491. The van der Waals surface area contributed by atoms with Gasteiger partial charge < -0.3 is 20.3 Å². The predicted octanol–water partition coefficient (Wildman–Crippen LogP) is -0.0956. The lowest BCUT2D eigenvalue weighted by Gasteiger charge is -2.22. The van der Waals surface area contributed by atoms with Gasteiger partial charge in [0.25, 0.3) is 0 Å². The third-order valence-electron chi connectivity index (χ3n) is 3.32. The van der Waals surface area contributed by atoms with Crippen molar-refractivity contribution >= 4 is 5.97 Å². The number of ether oxygens (including phenoxy) is 1. The van der Waals surface area contributed by atoms with Gasteiger partial charge in [-0.1, -0.05) is 0 Å². The predicted molar refractivity (Wildman–Crippen MR) is 67.8 cm³/mol. The molecule has 5 nitrogen and oxygen atoms in total. The van der Waals surface area contributed by atoms with Gasteiger partial charge in [-0.25, -0.2) is 0 Å². The van der Waals surface area contributed by atoms with Crippen molar-refractivity contribution in [3.8, 4) is 0 Å². The summed E-state index contributed by atoms with van der Waals surface area (Å²) < 4.78 is 4.59. The maximum absolute atomic E-state index is 11.1. The van der Waals surface area contributed by atoms with Crippen LogP contribution in [0.25, 0.3) is 0 Å². The molecule has 0 aromatic heterocycles. The lowest BCUT2D eigenvalue weighted by molar-refractivity contribution is -0.142. The number of nitrogens with two attached hydrogens (primary N) is 1. The molecule has 0 aliphatic carbocycles. The highest BCUT2D eigenvalue weighted by Crippen LogP contribution is 2.06. The Kier molecular flexibility index (Phi) is 6.47. The smallest absolute Gasteiger partial charge is 0.322 e. The summed E-state index contributed by atoms with van der Waals surface area (Å²) in [6.45, 7) is 5.45. The number of rotatable bonds is 7. The Morgan fingerprint density at radius 3 is 2.65 bits per heavy atom. The molecule has 0 radical (unpaired) electrons. The fraction of sp³-hybridized carbons (Fsp3) is 0.917. The zero-order chi connectivity index (χ0) is 12.7. The summed E-state index contributed by atoms with van der Waals surface area (Å²) in [5.41, 5.74) is 5.68. The Bertz CT molecular complexity index is 230. The first-order valence-corrected chi connectivity index (χ1v) is 6.38. The van der Waals surface area contributed by atoms with Crippen molar-refractivity contribution in [3.05, 3.63) is 0 Å². The second-order valence-corrected chi connectivity index (χ2v) is 4.77. The Hall–Kier alpha value is -0.650. The Balaban J connectivity index is 2.07. The number of likely N-dealkylation sites (tertiary alicyclic amines) is 1. The average Bonchev–Trinajstić information content (AvgIpc) is 2.85. The second kappa shape index (κ2) is 7.63. The van der Waals surface area contributed by atoms with Crippen LogP contribution < -0.4 is 5.73 Å². The largest absolute Gasteiger partial charge is 0.468 e. The molecule has 0 amide bonds. The second-order valence-electron chi connectivity index (χ2n) is 4.77. The molecular formula is C12H25N3O2. The monoisotopic (exact) mass is 243 g/mol. The van der Waals surface area contributed by atoms with Crippen molar-refractivity contribution in [3.63, 3.8) is 0 Å². The zero-order valence-electron chi connectivity index (χ0n) is 11.0. The highest BCUT2D eigenvalue weighted by Gasteiger charge is 2.15. The molecule has 0 saturated carbocycles. The van der Waals surface area contributed by atoms with Crippen LogP contribution in [0.4, 0.5) is 0 Å². The summed E-state index contributed by atoms with van der Waals surface area (Å²) in [4.78, 5) is 15.8. The molecule has 1 heterocycles. The number of esters is 1. The van der Waals surface area contributed by atoms with Crippen LogP contribution in [0.2, 0.25) is 0 Å². The van der Waals surface area contributed by atoms with Gasteiger partial charge in [-0.2, -0.15) is 0 Å². The van der Waals surface area contributed by atoms with E-state index in [1.165, 1.54) is 33.0 Å². The van der Waals surface area contributed by atoms with E-state index in [0.717, 1.165) is 19.6 Å². The van der Waals surface area contributed by atoms with Gasteiger partial charge in [0.05, 0.1) is 7.11 Å². The van der Waals surface area contributed by atoms with Crippen LogP contribution in [0.3, 0.4) is 0 Å². The first kappa shape index (κ1) is 14.4. The molecule has 1 unspecified atom stereocenters. The molecule has 0 spiro atoms. The number of carbonyl (C=O) groups is 1. The highest BCUT2D eigenvalue weighted by molar-refractivity contribution is 5.75. The summed E-state index contributed by atoms with van der Waals surface area (Å²) in [7, 11) is 3.44. The van der Waals surface area contributed by atoms with Crippen LogP contribution >= 0.6 is 0 Å². The van der Waals surface area contributed by atoms with Gasteiger partial charge in [-0.3, -0.25) is 4.79 Å². The molecule has 0 bridgehead atoms. The molecule has 1 atom stereocenters. The maximum Gasteiger partial charge on any atom is 0.322 e. The van der Waals surface area contributed by atoms with E-state index >= 15 is 0 Å². The molecule has 0 aromatic carbocycles. The van der Waals surface area contributed by atoms with E-state index in [1.807, 2.05) is 0 Å². The fourth-order valence-electron chi connectivity index (χ4n) is 2.06. The number of hydrogen-bond donors (Lipinski definition) is 1. The van der Waals surface area contributed by atoms with Crippen molar-refractivity contribution < 1.29 is 9.53 Å². The molecule has 1 aliphatic heterocycles. The van der Waals surface area contributed by atoms with Crippen LogP contribution in [-0.2, 0) is 9.53 Å². The van der Waals surface area contributed by atoms with Gasteiger partial charge in [0.1, 0.15) is 6.04 Å². The van der Waals surface area contributed by atoms with Crippen LogP contribution in [0.15, 0.2) is 0 Å². The molecule has 1 saturated heterocycles. The third-order valence-corrected chi connectivity index (χ3v) is 3.32. The van der Waals surface area contributed by atoms with Crippen LogP contribution in [0.1, 0.15) is 19.3 Å². The van der Waals surface area contributed by atoms with Crippen molar-refractivity contribution in [2.75, 3.05) is 46.9 Å². The van der Waals surface area contributed by atoms with E-state index in [4.69, 9.17) is 5.73 Å². The van der Waals surface area contributed by atoms with E-state index < -0.39 is 6.04 Å². The number of carbonyl (C=O) groups excluding carboxylic acids is 1. The molecule has 2 N–H and O–H groups in total. The summed E-state index contributed by atoms with van der Waals surface area (Å²) in [6.07, 6.45) is 3.32. The van der Waals surface area contributed by atoms with Gasteiger partial charge >= 0.3 is 5.97 Å². The van der Waals surface area contributed by atoms with Crippen LogP contribution in [0, 0.1) is 0 Å². The van der Waals surface area contributed by atoms with Gasteiger partial charge in [0.2, 0.25) is 0 Å². The summed E-state index contributed by atoms with van der Waals surface area (Å²) in [5.74, 6) is -0.321. The molecule has 5 heteroatoms. The average molecular weight is 243 g/mol. The van der Waals surface area contributed by atoms with Crippen molar-refractivity contribution in [2.24, 2.45) is 5.73 Å². The van der Waals surface area contributed by atoms with E-state index in [9.17, 15) is 4.79 Å². The number of methoxy groups -OCH3 is 1. The van der Waals surface area contributed by atoms with E-state index in [2.05, 4.69) is 21.6 Å². The molecule has 17 heavy (non-hydrogen) atoms. The Morgan fingerprint density at radius 2 is 2.06 bits per heavy atom. The lowest BCUT2D eigenvalue weighted by atomic mass is 10.2. The van der Waals surface area contributed by atoms with E-state index in [1.54, 1.807) is 0 Å². The maximum atomic E-state index is 11.1. The normalized spacial score (nSPS) is 18.6. The van der Waals surface area contributed by atoms with Gasteiger partial charge in [0, 0.05) is 13.1 Å².